The smallest absolute Gasteiger partial charge is 0.254 e. The van der Waals surface area contributed by atoms with Gasteiger partial charge in [0, 0.05) is 34.9 Å². The second-order valence-corrected chi connectivity index (χ2v) is 7.69. The molecule has 2 aromatic carbocycles. The molecule has 0 fully saturated rings. The fourth-order valence-electron chi connectivity index (χ4n) is 4.35. The second-order valence-electron chi connectivity index (χ2n) is 7.69. The third kappa shape index (κ3) is 3.93. The molecule has 2 aromatic rings. The lowest BCUT2D eigenvalue weighted by Gasteiger charge is -2.34. The highest BCUT2D eigenvalue weighted by atomic mass is 16.5. The molecule has 0 saturated carbocycles. The first-order chi connectivity index (χ1) is 15.0. The van der Waals surface area contributed by atoms with Gasteiger partial charge in [0.15, 0.2) is 5.78 Å². The maximum atomic E-state index is 13.5. The first kappa shape index (κ1) is 20.7. The van der Waals surface area contributed by atoms with E-state index in [-0.39, 0.29) is 11.7 Å². The van der Waals surface area contributed by atoms with E-state index < -0.39 is 5.92 Å². The molecule has 0 bridgehead atoms. The Balaban J connectivity index is 1.78. The number of amides is 1. The average Bonchev–Trinajstić information content (AvgIpc) is 2.78. The molecule has 31 heavy (non-hydrogen) atoms. The minimum absolute atomic E-state index is 0.0876. The summed E-state index contributed by atoms with van der Waals surface area (Å²) in [5, 5.41) is 6.31. The molecule has 0 aromatic heterocycles. The Hall–Kier alpha value is -3.54. The Bertz CT molecular complexity index is 1080. The Morgan fingerprint density at radius 2 is 1.77 bits per heavy atom. The lowest BCUT2D eigenvalue weighted by atomic mass is 9.75. The maximum absolute atomic E-state index is 13.5. The van der Waals surface area contributed by atoms with Crippen LogP contribution in [-0.4, -0.2) is 25.9 Å². The van der Waals surface area contributed by atoms with E-state index in [4.69, 9.17) is 9.47 Å². The summed E-state index contributed by atoms with van der Waals surface area (Å²) < 4.78 is 10.7. The van der Waals surface area contributed by atoms with Gasteiger partial charge in [-0.05, 0) is 49.6 Å². The van der Waals surface area contributed by atoms with E-state index in [1.165, 1.54) is 0 Å². The number of ether oxygens (including phenoxy) is 2. The second kappa shape index (κ2) is 8.68. The first-order valence-electron chi connectivity index (χ1n) is 10.4. The zero-order valence-electron chi connectivity index (χ0n) is 18.0. The molecule has 0 spiro atoms. The predicted octanol–water partition coefficient (Wildman–Crippen LogP) is 4.31. The normalized spacial score (nSPS) is 18.3. The van der Waals surface area contributed by atoms with E-state index in [0.717, 1.165) is 35.5 Å². The number of carbonyl (C=O) groups is 2. The number of nitrogens with one attached hydrogen (secondary N) is 2. The lowest BCUT2D eigenvalue weighted by molar-refractivity contribution is -0.116. The van der Waals surface area contributed by atoms with E-state index in [2.05, 4.69) is 10.6 Å². The molecule has 160 valence electrons. The van der Waals surface area contributed by atoms with Crippen molar-refractivity contribution in [1.29, 1.82) is 0 Å². The Labute approximate surface area is 181 Å². The van der Waals surface area contributed by atoms with Gasteiger partial charge in [-0.2, -0.15) is 0 Å². The van der Waals surface area contributed by atoms with Gasteiger partial charge in [0.05, 0.1) is 19.9 Å². The van der Waals surface area contributed by atoms with Gasteiger partial charge in [-0.15, -0.1) is 0 Å². The van der Waals surface area contributed by atoms with Gasteiger partial charge in [-0.1, -0.05) is 24.3 Å². The van der Waals surface area contributed by atoms with Crippen LogP contribution in [0.1, 0.15) is 37.7 Å². The number of Topliss-reactive ketones (excluding diaryl/α,β-unsaturated/α-hetero) is 1. The maximum Gasteiger partial charge on any atom is 0.254 e. The summed E-state index contributed by atoms with van der Waals surface area (Å²) in [6.45, 7) is 1.89. The van der Waals surface area contributed by atoms with E-state index in [1.54, 1.807) is 26.4 Å². The Kier molecular flexibility index (Phi) is 5.80. The quantitative estimate of drug-likeness (QED) is 0.757. The Morgan fingerprint density at radius 3 is 2.48 bits per heavy atom. The summed E-state index contributed by atoms with van der Waals surface area (Å²) in [7, 11) is 3.18. The fraction of sp³-hybridized carbons (Fsp3) is 0.280. The molecule has 1 amide bonds. The number of carbonyl (C=O) groups excluding carboxylic acids is 2. The summed E-state index contributed by atoms with van der Waals surface area (Å²) in [5.74, 6) is 0.685. The van der Waals surface area contributed by atoms with Crippen molar-refractivity contribution in [2.45, 2.75) is 32.1 Å². The van der Waals surface area contributed by atoms with Crippen LogP contribution in [0.4, 0.5) is 5.69 Å². The van der Waals surface area contributed by atoms with E-state index in [0.29, 0.717) is 29.0 Å². The van der Waals surface area contributed by atoms with Gasteiger partial charge < -0.3 is 20.1 Å². The highest BCUT2D eigenvalue weighted by molar-refractivity contribution is 6.10. The molecule has 6 nitrogen and oxygen atoms in total. The van der Waals surface area contributed by atoms with Crippen LogP contribution < -0.4 is 20.1 Å². The molecule has 1 heterocycles. The molecule has 4 rings (SSSR count). The topological polar surface area (TPSA) is 76.7 Å². The zero-order chi connectivity index (χ0) is 22.0. The van der Waals surface area contributed by atoms with Crippen molar-refractivity contribution < 1.29 is 19.1 Å². The molecule has 2 N–H and O–H groups in total. The van der Waals surface area contributed by atoms with Crippen molar-refractivity contribution in [2.75, 3.05) is 19.5 Å². The van der Waals surface area contributed by atoms with Gasteiger partial charge in [0.1, 0.15) is 11.5 Å². The highest BCUT2D eigenvalue weighted by Crippen LogP contribution is 2.43. The molecule has 0 radical (unpaired) electrons. The number of anilines is 1. The molecule has 6 heteroatoms. The SMILES string of the molecule is COc1ccc([C@H]2C(C(=O)Nc3ccccc3OC)=C(C)NC3=C2C(=O)CCC3)cc1. The number of rotatable bonds is 5. The number of hydrogen-bond acceptors (Lipinski definition) is 5. The highest BCUT2D eigenvalue weighted by Gasteiger charge is 2.38. The van der Waals surface area contributed by atoms with Gasteiger partial charge in [-0.25, -0.2) is 0 Å². The van der Waals surface area contributed by atoms with Gasteiger partial charge >= 0.3 is 0 Å². The van der Waals surface area contributed by atoms with Crippen molar-refractivity contribution in [3.8, 4) is 11.5 Å². The van der Waals surface area contributed by atoms with Crippen LogP contribution in [0, 0.1) is 0 Å². The van der Waals surface area contributed by atoms with Crippen LogP contribution in [0.2, 0.25) is 0 Å². The van der Waals surface area contributed by atoms with Crippen molar-refractivity contribution >= 4 is 17.4 Å². The van der Waals surface area contributed by atoms with Gasteiger partial charge in [-0.3, -0.25) is 9.59 Å². The van der Waals surface area contributed by atoms with Crippen molar-refractivity contribution in [2.24, 2.45) is 0 Å². The summed E-state index contributed by atoms with van der Waals surface area (Å²) in [6, 6.07) is 14.8. The van der Waals surface area contributed by atoms with Crippen LogP contribution in [0.25, 0.3) is 0 Å². The van der Waals surface area contributed by atoms with Crippen molar-refractivity contribution in [1.82, 2.24) is 5.32 Å². The number of allylic oxidation sites excluding steroid dienone is 3. The van der Waals surface area contributed by atoms with Crippen LogP contribution in [0.3, 0.4) is 0 Å². The number of ketones is 1. The van der Waals surface area contributed by atoms with E-state index >= 15 is 0 Å². The minimum Gasteiger partial charge on any atom is -0.497 e. The zero-order valence-corrected chi connectivity index (χ0v) is 18.0. The first-order valence-corrected chi connectivity index (χ1v) is 10.4. The number of hydrogen-bond donors (Lipinski definition) is 2. The molecule has 0 saturated heterocycles. The van der Waals surface area contributed by atoms with Crippen LogP contribution in [-0.2, 0) is 9.59 Å². The van der Waals surface area contributed by atoms with Crippen molar-refractivity contribution in [3.05, 3.63) is 76.6 Å². The molecule has 0 unspecified atom stereocenters. The summed E-state index contributed by atoms with van der Waals surface area (Å²) >= 11 is 0. The summed E-state index contributed by atoms with van der Waals surface area (Å²) in [6.07, 6.45) is 2.11. The fourth-order valence-corrected chi connectivity index (χ4v) is 4.35. The third-order valence-electron chi connectivity index (χ3n) is 5.82. The van der Waals surface area contributed by atoms with E-state index in [1.807, 2.05) is 43.3 Å². The standard InChI is InChI=1S/C25H26N2O4/c1-15-22(25(29)27-18-7-4-5-10-21(18)31-3)23(16-11-13-17(30-2)14-12-16)24-19(26-15)8-6-9-20(24)28/h4-5,7,10-14,23,26H,6,8-9H2,1-3H3,(H,27,29)/t23-/m0/s1. The van der Waals surface area contributed by atoms with Gasteiger partial charge in [0.25, 0.3) is 5.91 Å². The molecule has 1 aliphatic heterocycles. The predicted molar refractivity (Wildman–Crippen MR) is 119 cm³/mol. The molecular formula is C25H26N2O4. The lowest BCUT2D eigenvalue weighted by Crippen LogP contribution is -2.35. The number of methoxy groups -OCH3 is 2. The third-order valence-corrected chi connectivity index (χ3v) is 5.82. The number of dihydropyridines is 1. The number of para-hydroxylation sites is 2. The molecule has 2 aliphatic rings. The largest absolute Gasteiger partial charge is 0.497 e. The van der Waals surface area contributed by atoms with Crippen LogP contribution in [0.15, 0.2) is 71.1 Å². The minimum atomic E-state index is -0.440. The number of benzene rings is 2. The molecule has 1 aliphatic carbocycles. The molecular weight excluding hydrogens is 392 g/mol. The van der Waals surface area contributed by atoms with Crippen molar-refractivity contribution in [3.63, 3.8) is 0 Å². The van der Waals surface area contributed by atoms with Crippen LogP contribution >= 0.6 is 0 Å². The summed E-state index contributed by atoms with van der Waals surface area (Å²) in [4.78, 5) is 26.5. The monoisotopic (exact) mass is 418 g/mol. The van der Waals surface area contributed by atoms with Crippen LogP contribution in [0.5, 0.6) is 11.5 Å². The van der Waals surface area contributed by atoms with Gasteiger partial charge in [0.2, 0.25) is 0 Å². The van der Waals surface area contributed by atoms with E-state index in [9.17, 15) is 9.59 Å². The average molecular weight is 418 g/mol. The summed E-state index contributed by atoms with van der Waals surface area (Å²) in [5.41, 5.74) is 4.36. The molecule has 1 atom stereocenters. The Morgan fingerprint density at radius 1 is 1.03 bits per heavy atom.